The monoisotopic (exact) mass is 351 g/mol. The smallest absolute Gasteiger partial charge is 0.272 e. The van der Waals surface area contributed by atoms with Crippen molar-refractivity contribution in [2.45, 2.75) is 20.8 Å². The van der Waals surface area contributed by atoms with Crippen LogP contribution in [-0.2, 0) is 14.4 Å². The molecule has 0 aliphatic carbocycles. The number of hydrogen-bond donors (Lipinski definition) is 3. The largest absolute Gasteiger partial charge is 0.326 e. The van der Waals surface area contributed by atoms with Gasteiger partial charge in [0.25, 0.3) is 5.91 Å². The van der Waals surface area contributed by atoms with Crippen molar-refractivity contribution in [1.82, 2.24) is 5.32 Å². The van der Waals surface area contributed by atoms with Crippen molar-refractivity contribution >= 4 is 35.2 Å². The molecule has 0 bridgehead atoms. The summed E-state index contributed by atoms with van der Waals surface area (Å²) in [5.74, 6) is -0.937. The number of anilines is 2. The van der Waals surface area contributed by atoms with Crippen LogP contribution in [0.1, 0.15) is 25.0 Å². The molecule has 134 valence electrons. The van der Waals surface area contributed by atoms with E-state index in [1.54, 1.807) is 30.3 Å². The molecule has 0 spiro atoms. The zero-order valence-corrected chi connectivity index (χ0v) is 14.9. The summed E-state index contributed by atoms with van der Waals surface area (Å²) >= 11 is 0. The lowest BCUT2D eigenvalue weighted by molar-refractivity contribution is -0.120. The lowest BCUT2D eigenvalue weighted by Crippen LogP contribution is -2.29. The quantitative estimate of drug-likeness (QED) is 0.724. The molecule has 6 nitrogen and oxygen atoms in total. The average Bonchev–Trinajstić information content (AvgIpc) is 2.57. The summed E-state index contributed by atoms with van der Waals surface area (Å²) in [6.45, 7) is 4.70. The van der Waals surface area contributed by atoms with E-state index in [0.29, 0.717) is 11.4 Å². The molecule has 3 N–H and O–H groups in total. The van der Waals surface area contributed by atoms with Gasteiger partial charge in [-0.2, -0.15) is 0 Å². The van der Waals surface area contributed by atoms with Crippen molar-refractivity contribution in [2.75, 3.05) is 10.6 Å². The van der Waals surface area contributed by atoms with Gasteiger partial charge < -0.3 is 16.0 Å². The van der Waals surface area contributed by atoms with E-state index in [1.165, 1.54) is 13.8 Å². The standard InChI is InChI=1S/C20H21N3O3/c1-13-6-4-5-7-16(13)12-19(22-15(3)25)20(26)23-18-10-8-17(9-11-18)21-14(2)24/h4-12H,1-3H3,(H,21,24)(H,22,25)(H,23,26). The summed E-state index contributed by atoms with van der Waals surface area (Å²) in [6, 6.07) is 14.3. The van der Waals surface area contributed by atoms with E-state index >= 15 is 0 Å². The van der Waals surface area contributed by atoms with Crippen molar-refractivity contribution in [3.63, 3.8) is 0 Å². The molecule has 6 heteroatoms. The molecular weight excluding hydrogens is 330 g/mol. The van der Waals surface area contributed by atoms with Gasteiger partial charge in [-0.15, -0.1) is 0 Å². The van der Waals surface area contributed by atoms with Gasteiger partial charge in [0.1, 0.15) is 5.70 Å². The Labute approximate surface area is 152 Å². The summed E-state index contributed by atoms with van der Waals surface area (Å²) < 4.78 is 0. The highest BCUT2D eigenvalue weighted by Crippen LogP contribution is 2.16. The van der Waals surface area contributed by atoms with Crippen LogP contribution in [-0.4, -0.2) is 17.7 Å². The third-order valence-electron chi connectivity index (χ3n) is 3.51. The Kier molecular flexibility index (Phi) is 6.27. The normalized spacial score (nSPS) is 10.8. The Morgan fingerprint density at radius 3 is 1.92 bits per heavy atom. The summed E-state index contributed by atoms with van der Waals surface area (Å²) in [6.07, 6.45) is 1.64. The molecule has 0 heterocycles. The van der Waals surface area contributed by atoms with E-state index in [4.69, 9.17) is 0 Å². The minimum atomic E-state index is -0.435. The maximum Gasteiger partial charge on any atom is 0.272 e. The first-order valence-electron chi connectivity index (χ1n) is 8.09. The second kappa shape index (κ2) is 8.62. The average molecular weight is 351 g/mol. The number of amides is 3. The first-order valence-corrected chi connectivity index (χ1v) is 8.09. The molecule has 0 aromatic heterocycles. The van der Waals surface area contributed by atoms with Gasteiger partial charge in [0.15, 0.2) is 0 Å². The van der Waals surface area contributed by atoms with E-state index in [9.17, 15) is 14.4 Å². The predicted octanol–water partition coefficient (Wildman–Crippen LogP) is 3.07. The Bertz CT molecular complexity index is 855. The van der Waals surface area contributed by atoms with Crippen LogP contribution in [0.15, 0.2) is 54.2 Å². The summed E-state index contributed by atoms with van der Waals surface area (Å²) in [7, 11) is 0. The van der Waals surface area contributed by atoms with Gasteiger partial charge in [-0.25, -0.2) is 0 Å². The van der Waals surface area contributed by atoms with Crippen LogP contribution >= 0.6 is 0 Å². The van der Waals surface area contributed by atoms with Crippen LogP contribution in [0.4, 0.5) is 11.4 Å². The fourth-order valence-electron chi connectivity index (χ4n) is 2.29. The summed E-state index contributed by atoms with van der Waals surface area (Å²) in [5.41, 5.74) is 3.16. The highest BCUT2D eigenvalue weighted by atomic mass is 16.2. The number of benzene rings is 2. The van der Waals surface area contributed by atoms with Crippen LogP contribution in [0.3, 0.4) is 0 Å². The minimum Gasteiger partial charge on any atom is -0.326 e. The van der Waals surface area contributed by atoms with Crippen LogP contribution in [0.2, 0.25) is 0 Å². The fraction of sp³-hybridized carbons (Fsp3) is 0.150. The van der Waals surface area contributed by atoms with Gasteiger partial charge >= 0.3 is 0 Å². The van der Waals surface area contributed by atoms with E-state index in [2.05, 4.69) is 16.0 Å². The third-order valence-corrected chi connectivity index (χ3v) is 3.51. The Balaban J connectivity index is 2.20. The van der Waals surface area contributed by atoms with E-state index in [-0.39, 0.29) is 17.5 Å². The maximum atomic E-state index is 12.6. The highest BCUT2D eigenvalue weighted by molar-refractivity contribution is 6.08. The fourth-order valence-corrected chi connectivity index (χ4v) is 2.29. The zero-order valence-electron chi connectivity index (χ0n) is 14.9. The van der Waals surface area contributed by atoms with Crippen molar-refractivity contribution in [1.29, 1.82) is 0 Å². The van der Waals surface area contributed by atoms with Gasteiger partial charge in [-0.05, 0) is 48.4 Å². The number of aryl methyl sites for hydroxylation is 1. The molecule has 0 atom stereocenters. The molecule has 0 unspecified atom stereocenters. The molecule has 0 aliphatic rings. The minimum absolute atomic E-state index is 0.151. The summed E-state index contributed by atoms with van der Waals surface area (Å²) in [4.78, 5) is 35.1. The van der Waals surface area contributed by atoms with E-state index < -0.39 is 5.91 Å². The van der Waals surface area contributed by atoms with Crippen LogP contribution in [0, 0.1) is 6.92 Å². The molecule has 0 saturated carbocycles. The third kappa shape index (κ3) is 5.59. The molecule has 0 fully saturated rings. The van der Waals surface area contributed by atoms with Crippen LogP contribution < -0.4 is 16.0 Å². The maximum absolute atomic E-state index is 12.6. The van der Waals surface area contributed by atoms with Crippen molar-refractivity contribution in [3.8, 4) is 0 Å². The lowest BCUT2D eigenvalue weighted by Gasteiger charge is -2.11. The molecule has 0 saturated heterocycles. The molecule has 2 aromatic rings. The Morgan fingerprint density at radius 1 is 0.808 bits per heavy atom. The van der Waals surface area contributed by atoms with Crippen LogP contribution in [0.25, 0.3) is 6.08 Å². The van der Waals surface area contributed by atoms with Gasteiger partial charge in [0.05, 0.1) is 0 Å². The first kappa shape index (κ1) is 18.9. The molecular formula is C20H21N3O3. The van der Waals surface area contributed by atoms with Gasteiger partial charge in [-0.3, -0.25) is 14.4 Å². The van der Waals surface area contributed by atoms with Crippen molar-refractivity contribution in [3.05, 3.63) is 65.4 Å². The highest BCUT2D eigenvalue weighted by Gasteiger charge is 2.12. The lowest BCUT2D eigenvalue weighted by atomic mass is 10.1. The zero-order chi connectivity index (χ0) is 19.1. The predicted molar refractivity (Wildman–Crippen MR) is 102 cm³/mol. The number of carbonyl (C=O) groups excluding carboxylic acids is 3. The number of nitrogens with one attached hydrogen (secondary N) is 3. The molecule has 3 amide bonds. The topological polar surface area (TPSA) is 87.3 Å². The first-order chi connectivity index (χ1) is 12.3. The van der Waals surface area contributed by atoms with Crippen molar-refractivity contribution < 1.29 is 14.4 Å². The summed E-state index contributed by atoms with van der Waals surface area (Å²) in [5, 5.41) is 7.95. The molecule has 0 aliphatic heterocycles. The number of carbonyl (C=O) groups is 3. The molecule has 2 aromatic carbocycles. The van der Waals surface area contributed by atoms with Crippen LogP contribution in [0.5, 0.6) is 0 Å². The molecule has 26 heavy (non-hydrogen) atoms. The van der Waals surface area contributed by atoms with E-state index in [0.717, 1.165) is 11.1 Å². The Hall–Kier alpha value is -3.41. The number of hydrogen-bond acceptors (Lipinski definition) is 3. The molecule has 2 rings (SSSR count). The molecule has 0 radical (unpaired) electrons. The second-order valence-electron chi connectivity index (χ2n) is 5.81. The van der Waals surface area contributed by atoms with E-state index in [1.807, 2.05) is 31.2 Å². The van der Waals surface area contributed by atoms with Gasteiger partial charge in [-0.1, -0.05) is 24.3 Å². The second-order valence-corrected chi connectivity index (χ2v) is 5.81. The van der Waals surface area contributed by atoms with Gasteiger partial charge in [0, 0.05) is 25.2 Å². The Morgan fingerprint density at radius 2 is 1.38 bits per heavy atom. The SMILES string of the molecule is CC(=O)NC(=Cc1ccccc1C)C(=O)Nc1ccc(NC(C)=O)cc1. The van der Waals surface area contributed by atoms with Crippen molar-refractivity contribution in [2.24, 2.45) is 0 Å². The van der Waals surface area contributed by atoms with Gasteiger partial charge in [0.2, 0.25) is 11.8 Å². The number of rotatable bonds is 5.